The first kappa shape index (κ1) is 17.0. The van der Waals surface area contributed by atoms with Crippen LogP contribution in [-0.2, 0) is 28.4 Å². The number of nitrogens with zero attached hydrogens (tertiary/aromatic N) is 3. The van der Waals surface area contributed by atoms with E-state index in [4.69, 9.17) is 21.7 Å². The van der Waals surface area contributed by atoms with Gasteiger partial charge in [-0.1, -0.05) is 23.7 Å². The molecule has 140 valence electrons. The molecular weight excluding hydrogens is 386 g/mol. The van der Waals surface area contributed by atoms with Crippen molar-refractivity contribution in [2.75, 3.05) is 5.32 Å². The lowest BCUT2D eigenvalue weighted by Gasteiger charge is -2.15. The number of hydrogen-bond acceptors (Lipinski definition) is 5. The van der Waals surface area contributed by atoms with Crippen LogP contribution in [0.4, 0.5) is 5.82 Å². The van der Waals surface area contributed by atoms with Crippen molar-refractivity contribution in [1.82, 2.24) is 14.6 Å². The zero-order valence-electron chi connectivity index (χ0n) is 14.4. The largest absolute Gasteiger partial charge is 0.366 e. The average molecular weight is 404 g/mol. The van der Waals surface area contributed by atoms with Crippen LogP contribution in [0.5, 0.6) is 0 Å². The van der Waals surface area contributed by atoms with Gasteiger partial charge in [0.15, 0.2) is 5.65 Å². The molecule has 2 heterocycles. The van der Waals surface area contributed by atoms with Crippen LogP contribution < -0.4 is 10.5 Å². The molecule has 1 spiro atoms. The highest BCUT2D eigenvalue weighted by molar-refractivity contribution is 7.89. The van der Waals surface area contributed by atoms with Crippen molar-refractivity contribution in [1.29, 1.82) is 0 Å². The van der Waals surface area contributed by atoms with Crippen LogP contribution in [0, 0.1) is 0 Å². The maximum atomic E-state index is 11.4. The van der Waals surface area contributed by atoms with E-state index in [2.05, 4.69) is 10.4 Å². The second-order valence-electron chi connectivity index (χ2n) is 7.34. The van der Waals surface area contributed by atoms with E-state index in [-0.39, 0.29) is 10.3 Å². The van der Waals surface area contributed by atoms with Gasteiger partial charge < -0.3 is 5.32 Å². The molecule has 27 heavy (non-hydrogen) atoms. The number of hydrogen-bond donors (Lipinski definition) is 2. The first-order valence-electron chi connectivity index (χ1n) is 8.80. The summed E-state index contributed by atoms with van der Waals surface area (Å²) in [5, 5.41) is 13.5. The quantitative estimate of drug-likeness (QED) is 0.697. The summed E-state index contributed by atoms with van der Waals surface area (Å²) in [4.78, 5) is 4.94. The van der Waals surface area contributed by atoms with Gasteiger partial charge in [-0.25, -0.2) is 18.5 Å². The minimum absolute atomic E-state index is 0.105. The SMILES string of the molecule is NS(=O)(=O)c1ccc(CNc2c3c(nc4c(Cl)cnn24)C2(CC3)CC2)cc1. The zero-order valence-corrected chi connectivity index (χ0v) is 16.0. The van der Waals surface area contributed by atoms with Gasteiger partial charge in [0.05, 0.1) is 16.8 Å². The Bertz CT molecular complexity index is 1170. The van der Waals surface area contributed by atoms with Crippen LogP contribution >= 0.6 is 11.6 Å². The summed E-state index contributed by atoms with van der Waals surface area (Å²) in [5.41, 5.74) is 4.22. The predicted molar refractivity (Wildman–Crippen MR) is 102 cm³/mol. The van der Waals surface area contributed by atoms with E-state index >= 15 is 0 Å². The molecule has 3 N–H and O–H groups in total. The van der Waals surface area contributed by atoms with Crippen LogP contribution in [-0.4, -0.2) is 23.0 Å². The van der Waals surface area contributed by atoms with Crippen LogP contribution in [0.2, 0.25) is 5.02 Å². The molecule has 2 aliphatic carbocycles. The number of benzene rings is 1. The normalized spacial score (nSPS) is 17.4. The molecule has 0 radical (unpaired) electrons. The molecule has 1 saturated carbocycles. The molecule has 0 aliphatic heterocycles. The molecule has 0 saturated heterocycles. The fourth-order valence-electron chi connectivity index (χ4n) is 3.96. The van der Waals surface area contributed by atoms with Crippen molar-refractivity contribution in [2.24, 2.45) is 5.14 Å². The third kappa shape index (κ3) is 2.70. The van der Waals surface area contributed by atoms with Crippen molar-refractivity contribution in [3.63, 3.8) is 0 Å². The van der Waals surface area contributed by atoms with E-state index in [0.717, 1.165) is 29.9 Å². The number of halogens is 1. The molecule has 2 aromatic heterocycles. The monoisotopic (exact) mass is 403 g/mol. The van der Waals surface area contributed by atoms with Gasteiger partial charge >= 0.3 is 0 Å². The second-order valence-corrected chi connectivity index (χ2v) is 9.31. The molecule has 0 bridgehead atoms. The summed E-state index contributed by atoms with van der Waals surface area (Å²) in [6, 6.07) is 6.54. The lowest BCUT2D eigenvalue weighted by Crippen LogP contribution is -2.13. The highest BCUT2D eigenvalue weighted by atomic mass is 35.5. The van der Waals surface area contributed by atoms with E-state index in [1.807, 2.05) is 0 Å². The Labute approximate surface area is 161 Å². The van der Waals surface area contributed by atoms with Gasteiger partial charge in [-0.2, -0.15) is 9.61 Å². The molecule has 5 rings (SSSR count). The highest BCUT2D eigenvalue weighted by Gasteiger charge is 2.51. The Morgan fingerprint density at radius 1 is 1.22 bits per heavy atom. The topological polar surface area (TPSA) is 102 Å². The summed E-state index contributed by atoms with van der Waals surface area (Å²) in [6.45, 7) is 0.529. The smallest absolute Gasteiger partial charge is 0.238 e. The zero-order chi connectivity index (χ0) is 18.8. The van der Waals surface area contributed by atoms with Crippen molar-refractivity contribution in [3.8, 4) is 0 Å². The number of fused-ring (bicyclic) bond motifs is 3. The van der Waals surface area contributed by atoms with Gasteiger partial charge in [0.25, 0.3) is 0 Å². The first-order valence-corrected chi connectivity index (χ1v) is 10.7. The maximum Gasteiger partial charge on any atom is 0.238 e. The number of nitrogens with two attached hydrogens (primary N) is 1. The second kappa shape index (κ2) is 5.67. The fourth-order valence-corrected chi connectivity index (χ4v) is 4.64. The number of anilines is 1. The highest BCUT2D eigenvalue weighted by Crippen LogP contribution is 2.57. The van der Waals surface area contributed by atoms with E-state index in [9.17, 15) is 8.42 Å². The van der Waals surface area contributed by atoms with Crippen LogP contribution in [0.25, 0.3) is 5.65 Å². The van der Waals surface area contributed by atoms with Crippen LogP contribution in [0.15, 0.2) is 35.4 Å². The van der Waals surface area contributed by atoms with E-state index in [0.29, 0.717) is 17.2 Å². The molecule has 3 aromatic rings. The van der Waals surface area contributed by atoms with Crippen molar-refractivity contribution >= 4 is 33.1 Å². The Kier molecular flexibility index (Phi) is 3.56. The minimum Gasteiger partial charge on any atom is -0.366 e. The summed E-state index contributed by atoms with van der Waals surface area (Å²) in [6.07, 6.45) is 6.08. The Morgan fingerprint density at radius 3 is 2.63 bits per heavy atom. The Morgan fingerprint density at radius 2 is 1.96 bits per heavy atom. The predicted octanol–water partition coefficient (Wildman–Crippen LogP) is 2.62. The van der Waals surface area contributed by atoms with Gasteiger partial charge in [-0.15, -0.1) is 0 Å². The number of nitrogens with one attached hydrogen (secondary N) is 1. The van der Waals surface area contributed by atoms with Crippen LogP contribution in [0.3, 0.4) is 0 Å². The van der Waals surface area contributed by atoms with Crippen molar-refractivity contribution in [3.05, 3.63) is 52.3 Å². The van der Waals surface area contributed by atoms with Crippen molar-refractivity contribution < 1.29 is 8.42 Å². The number of rotatable bonds is 4. The molecule has 0 atom stereocenters. The van der Waals surface area contributed by atoms with Gasteiger partial charge in [0.1, 0.15) is 10.8 Å². The number of sulfonamides is 1. The van der Waals surface area contributed by atoms with Crippen LogP contribution in [0.1, 0.15) is 36.1 Å². The van der Waals surface area contributed by atoms with Crippen molar-refractivity contribution in [2.45, 2.75) is 42.5 Å². The van der Waals surface area contributed by atoms with E-state index in [1.54, 1.807) is 22.8 Å². The van der Waals surface area contributed by atoms with E-state index in [1.165, 1.54) is 30.5 Å². The standard InChI is InChI=1S/C18H18ClN5O2S/c19-14-10-22-24-16(13-5-6-18(7-8-18)15(13)23-17(14)24)21-9-11-1-3-12(4-2-11)27(20,25)26/h1-4,10,21H,5-9H2,(H2,20,25,26). The molecule has 0 amide bonds. The fraction of sp³-hybridized carbons (Fsp3) is 0.333. The molecule has 9 heteroatoms. The molecule has 0 unspecified atom stereocenters. The third-order valence-electron chi connectivity index (χ3n) is 5.62. The molecular formula is C18H18ClN5O2S. The van der Waals surface area contributed by atoms with E-state index < -0.39 is 10.0 Å². The summed E-state index contributed by atoms with van der Waals surface area (Å²) < 4.78 is 24.6. The lowest BCUT2D eigenvalue weighted by molar-refractivity contribution is 0.598. The summed E-state index contributed by atoms with van der Waals surface area (Å²) in [7, 11) is -3.68. The molecule has 2 aliphatic rings. The maximum absolute atomic E-state index is 11.4. The summed E-state index contributed by atoms with van der Waals surface area (Å²) in [5.74, 6) is 0.918. The minimum atomic E-state index is -3.68. The molecule has 1 aromatic carbocycles. The van der Waals surface area contributed by atoms with Gasteiger partial charge in [0.2, 0.25) is 10.0 Å². The number of aromatic nitrogens is 3. The average Bonchev–Trinajstić information content (AvgIpc) is 3.21. The Hall–Kier alpha value is -2.16. The third-order valence-corrected chi connectivity index (χ3v) is 6.82. The lowest BCUT2D eigenvalue weighted by atomic mass is 10.1. The first-order chi connectivity index (χ1) is 12.9. The molecule has 7 nitrogen and oxygen atoms in total. The molecule has 1 fully saturated rings. The number of primary sulfonamides is 1. The van der Waals surface area contributed by atoms with Gasteiger partial charge in [0, 0.05) is 17.5 Å². The van der Waals surface area contributed by atoms with Gasteiger partial charge in [-0.3, -0.25) is 0 Å². The summed E-state index contributed by atoms with van der Waals surface area (Å²) >= 11 is 6.29. The Balaban J connectivity index is 1.50. The van der Waals surface area contributed by atoms with Gasteiger partial charge in [-0.05, 0) is 43.4 Å².